The maximum absolute atomic E-state index is 14.5. The van der Waals surface area contributed by atoms with Gasteiger partial charge in [0.15, 0.2) is 11.6 Å². The van der Waals surface area contributed by atoms with E-state index in [1.807, 2.05) is 12.1 Å². The molecule has 1 fully saturated rings. The highest BCUT2D eigenvalue weighted by Gasteiger charge is 2.28. The van der Waals surface area contributed by atoms with Crippen LogP contribution in [-0.4, -0.2) is 26.4 Å². The number of nitrogens with one attached hydrogen (secondary N) is 1. The van der Waals surface area contributed by atoms with Crippen LogP contribution in [0, 0.1) is 5.82 Å². The molecule has 2 rings (SSSR count). The van der Waals surface area contributed by atoms with Gasteiger partial charge in [-0.15, -0.1) is 0 Å². The fourth-order valence-corrected chi connectivity index (χ4v) is 2.70. The third-order valence-corrected chi connectivity index (χ3v) is 3.75. The zero-order chi connectivity index (χ0) is 14.4. The van der Waals surface area contributed by atoms with E-state index < -0.39 is 0 Å². The molecule has 4 heteroatoms. The van der Waals surface area contributed by atoms with Crippen LogP contribution >= 0.6 is 0 Å². The van der Waals surface area contributed by atoms with Crippen LogP contribution in [0.1, 0.15) is 44.2 Å². The van der Waals surface area contributed by atoms with Gasteiger partial charge in [0.2, 0.25) is 0 Å². The molecule has 1 aromatic carbocycles. The van der Waals surface area contributed by atoms with E-state index >= 15 is 0 Å². The Morgan fingerprint density at radius 3 is 2.95 bits per heavy atom. The Labute approximate surface area is 120 Å². The summed E-state index contributed by atoms with van der Waals surface area (Å²) in [5.74, 6) is 0.0133. The van der Waals surface area contributed by atoms with Crippen LogP contribution in [0.4, 0.5) is 4.39 Å². The SMILES string of the molecule is CCCNC(c1cccc(OC)c1F)C1CCCCO1. The number of ether oxygens (including phenoxy) is 2. The summed E-state index contributed by atoms with van der Waals surface area (Å²) >= 11 is 0. The van der Waals surface area contributed by atoms with Crippen LogP contribution in [-0.2, 0) is 4.74 Å². The minimum atomic E-state index is -0.280. The van der Waals surface area contributed by atoms with Crippen molar-refractivity contribution in [3.63, 3.8) is 0 Å². The zero-order valence-corrected chi connectivity index (χ0v) is 12.3. The van der Waals surface area contributed by atoms with Gasteiger partial charge in [-0.1, -0.05) is 19.1 Å². The van der Waals surface area contributed by atoms with Gasteiger partial charge in [0.25, 0.3) is 0 Å². The van der Waals surface area contributed by atoms with E-state index in [-0.39, 0.29) is 18.0 Å². The largest absolute Gasteiger partial charge is 0.494 e. The number of rotatable bonds is 6. The molecule has 20 heavy (non-hydrogen) atoms. The van der Waals surface area contributed by atoms with Crippen LogP contribution in [0.5, 0.6) is 5.75 Å². The molecule has 0 aliphatic carbocycles. The van der Waals surface area contributed by atoms with Crippen LogP contribution in [0.2, 0.25) is 0 Å². The molecule has 1 aliphatic rings. The molecule has 1 heterocycles. The quantitative estimate of drug-likeness (QED) is 0.866. The van der Waals surface area contributed by atoms with Crippen molar-refractivity contribution < 1.29 is 13.9 Å². The normalized spacial score (nSPS) is 20.6. The lowest BCUT2D eigenvalue weighted by atomic mass is 9.95. The first-order valence-corrected chi connectivity index (χ1v) is 7.45. The molecular formula is C16H24FNO2. The smallest absolute Gasteiger partial charge is 0.169 e. The molecule has 0 aromatic heterocycles. The van der Waals surface area contributed by atoms with E-state index in [2.05, 4.69) is 12.2 Å². The zero-order valence-electron chi connectivity index (χ0n) is 12.3. The molecule has 0 bridgehead atoms. The minimum Gasteiger partial charge on any atom is -0.494 e. The molecule has 1 aromatic rings. The van der Waals surface area contributed by atoms with Crippen molar-refractivity contribution in [2.75, 3.05) is 20.3 Å². The van der Waals surface area contributed by atoms with E-state index in [1.54, 1.807) is 6.07 Å². The van der Waals surface area contributed by atoms with Crippen LogP contribution in [0.25, 0.3) is 0 Å². The lowest BCUT2D eigenvalue weighted by molar-refractivity contribution is -0.00892. The Bertz CT molecular complexity index is 419. The molecule has 0 radical (unpaired) electrons. The lowest BCUT2D eigenvalue weighted by Crippen LogP contribution is -2.37. The number of hydrogen-bond acceptors (Lipinski definition) is 3. The number of halogens is 1. The van der Waals surface area contributed by atoms with Crippen LogP contribution < -0.4 is 10.1 Å². The molecule has 2 atom stereocenters. The first kappa shape index (κ1) is 15.3. The fourth-order valence-electron chi connectivity index (χ4n) is 2.70. The predicted molar refractivity (Wildman–Crippen MR) is 77.6 cm³/mol. The summed E-state index contributed by atoms with van der Waals surface area (Å²) in [4.78, 5) is 0. The second kappa shape index (κ2) is 7.60. The maximum Gasteiger partial charge on any atom is 0.169 e. The summed E-state index contributed by atoms with van der Waals surface area (Å²) in [6.45, 7) is 3.72. The maximum atomic E-state index is 14.5. The van der Waals surface area contributed by atoms with Crippen molar-refractivity contribution in [2.45, 2.75) is 44.8 Å². The van der Waals surface area contributed by atoms with Gasteiger partial charge >= 0.3 is 0 Å². The fraction of sp³-hybridized carbons (Fsp3) is 0.625. The molecule has 0 spiro atoms. The molecule has 112 valence electrons. The molecule has 1 N–H and O–H groups in total. The summed E-state index contributed by atoms with van der Waals surface area (Å²) in [5, 5.41) is 3.43. The lowest BCUT2D eigenvalue weighted by Gasteiger charge is -2.32. The van der Waals surface area contributed by atoms with Gasteiger partial charge in [0, 0.05) is 12.2 Å². The first-order valence-electron chi connectivity index (χ1n) is 7.45. The molecule has 3 nitrogen and oxygen atoms in total. The number of methoxy groups -OCH3 is 1. The topological polar surface area (TPSA) is 30.5 Å². The molecule has 2 unspecified atom stereocenters. The first-order chi connectivity index (χ1) is 9.77. The summed E-state index contributed by atoms with van der Waals surface area (Å²) in [7, 11) is 1.49. The predicted octanol–water partition coefficient (Wildman–Crippen LogP) is 3.44. The summed E-state index contributed by atoms with van der Waals surface area (Å²) in [6, 6.07) is 5.20. The molecule has 1 aliphatic heterocycles. The van der Waals surface area contributed by atoms with Crippen molar-refractivity contribution in [2.24, 2.45) is 0 Å². The minimum absolute atomic E-state index is 0.0388. The van der Waals surface area contributed by atoms with Crippen molar-refractivity contribution in [1.29, 1.82) is 0 Å². The van der Waals surface area contributed by atoms with Crippen LogP contribution in [0.15, 0.2) is 18.2 Å². The van der Waals surface area contributed by atoms with Crippen molar-refractivity contribution in [1.82, 2.24) is 5.32 Å². The highest BCUT2D eigenvalue weighted by molar-refractivity contribution is 5.33. The van der Waals surface area contributed by atoms with Gasteiger partial charge in [0.05, 0.1) is 19.3 Å². The molecular weight excluding hydrogens is 257 g/mol. The van der Waals surface area contributed by atoms with Gasteiger partial charge in [-0.2, -0.15) is 0 Å². The third-order valence-electron chi connectivity index (χ3n) is 3.75. The summed E-state index contributed by atoms with van der Waals surface area (Å²) in [5.41, 5.74) is 0.643. The molecule has 0 saturated carbocycles. The van der Waals surface area contributed by atoms with Crippen LogP contribution in [0.3, 0.4) is 0 Å². The van der Waals surface area contributed by atoms with Gasteiger partial charge in [-0.25, -0.2) is 4.39 Å². The van der Waals surface area contributed by atoms with Gasteiger partial charge in [-0.3, -0.25) is 0 Å². The summed E-state index contributed by atoms with van der Waals surface area (Å²) < 4.78 is 25.4. The third kappa shape index (κ3) is 3.49. The Morgan fingerprint density at radius 1 is 1.45 bits per heavy atom. The van der Waals surface area contributed by atoms with E-state index in [9.17, 15) is 4.39 Å². The second-order valence-corrected chi connectivity index (χ2v) is 5.20. The van der Waals surface area contributed by atoms with Crippen molar-refractivity contribution in [3.8, 4) is 5.75 Å². The number of hydrogen-bond donors (Lipinski definition) is 1. The summed E-state index contributed by atoms with van der Waals surface area (Å²) in [6.07, 6.45) is 4.25. The van der Waals surface area contributed by atoms with Crippen molar-refractivity contribution >= 4 is 0 Å². The Morgan fingerprint density at radius 2 is 2.30 bits per heavy atom. The molecule has 1 saturated heterocycles. The van der Waals surface area contributed by atoms with E-state index in [0.717, 1.165) is 38.8 Å². The highest BCUT2D eigenvalue weighted by atomic mass is 19.1. The van der Waals surface area contributed by atoms with Gasteiger partial charge in [-0.05, 0) is 38.3 Å². The monoisotopic (exact) mass is 281 g/mol. The average Bonchev–Trinajstić information content (AvgIpc) is 2.50. The highest BCUT2D eigenvalue weighted by Crippen LogP contribution is 2.31. The average molecular weight is 281 g/mol. The second-order valence-electron chi connectivity index (χ2n) is 5.20. The van der Waals surface area contributed by atoms with E-state index in [1.165, 1.54) is 7.11 Å². The van der Waals surface area contributed by atoms with Gasteiger partial charge < -0.3 is 14.8 Å². The van der Waals surface area contributed by atoms with E-state index in [4.69, 9.17) is 9.47 Å². The molecule has 0 amide bonds. The van der Waals surface area contributed by atoms with Gasteiger partial charge in [0.1, 0.15) is 0 Å². The Balaban J connectivity index is 2.25. The van der Waals surface area contributed by atoms with Crippen molar-refractivity contribution in [3.05, 3.63) is 29.6 Å². The Kier molecular flexibility index (Phi) is 5.80. The standard InChI is InChI=1S/C16H24FNO2/c1-3-10-18-16(14-8-4-5-11-20-14)12-7-6-9-13(19-2)15(12)17/h6-7,9,14,16,18H,3-5,8,10-11H2,1-2H3. The Hall–Kier alpha value is -1.13. The van der Waals surface area contributed by atoms with E-state index in [0.29, 0.717) is 11.3 Å². The number of benzene rings is 1.